The third-order valence-corrected chi connectivity index (χ3v) is 5.09. The average Bonchev–Trinajstić information content (AvgIpc) is 3.26. The number of carbonyl (C=O) groups is 1. The summed E-state index contributed by atoms with van der Waals surface area (Å²) in [5.74, 6) is 1.88. The van der Waals surface area contributed by atoms with Crippen LogP contribution in [0.15, 0.2) is 30.5 Å². The fraction of sp³-hybridized carbons (Fsp3) is 0.450. The molecule has 1 aliphatic heterocycles. The molecule has 136 valence electrons. The van der Waals surface area contributed by atoms with Crippen LogP contribution in [0.1, 0.15) is 55.9 Å². The van der Waals surface area contributed by atoms with E-state index in [1.807, 2.05) is 10.7 Å². The van der Waals surface area contributed by atoms with Crippen molar-refractivity contribution in [2.24, 2.45) is 0 Å². The number of aryl methyl sites for hydroxylation is 3. The van der Waals surface area contributed by atoms with Gasteiger partial charge in [-0.15, -0.1) is 0 Å². The van der Waals surface area contributed by atoms with Crippen molar-refractivity contribution in [1.29, 1.82) is 0 Å². The van der Waals surface area contributed by atoms with Crippen LogP contribution in [-0.4, -0.2) is 25.7 Å². The molecule has 1 aromatic carbocycles. The highest BCUT2D eigenvalue weighted by atomic mass is 16.1. The molecule has 0 unspecified atom stereocenters. The number of para-hydroxylation sites is 1. The number of amides is 1. The second-order valence-corrected chi connectivity index (χ2v) is 6.94. The van der Waals surface area contributed by atoms with E-state index in [1.54, 1.807) is 0 Å². The van der Waals surface area contributed by atoms with Gasteiger partial charge in [0.1, 0.15) is 5.82 Å². The van der Waals surface area contributed by atoms with Crippen molar-refractivity contribution >= 4 is 16.8 Å². The number of fused-ring (bicyclic) bond motifs is 2. The summed E-state index contributed by atoms with van der Waals surface area (Å²) in [4.78, 5) is 20.3. The smallest absolute Gasteiger partial charge is 0.220 e. The molecule has 0 radical (unpaired) electrons. The van der Waals surface area contributed by atoms with E-state index >= 15 is 0 Å². The van der Waals surface area contributed by atoms with Gasteiger partial charge in [-0.1, -0.05) is 25.1 Å². The number of rotatable bonds is 6. The largest absolute Gasteiger partial charge is 0.361 e. The summed E-state index contributed by atoms with van der Waals surface area (Å²) in [5.41, 5.74) is 2.43. The summed E-state index contributed by atoms with van der Waals surface area (Å²) in [6.45, 7) is 2.95. The van der Waals surface area contributed by atoms with Gasteiger partial charge >= 0.3 is 0 Å². The van der Waals surface area contributed by atoms with Crippen LogP contribution in [0.2, 0.25) is 0 Å². The Kier molecular flexibility index (Phi) is 4.73. The van der Waals surface area contributed by atoms with E-state index < -0.39 is 0 Å². The van der Waals surface area contributed by atoms with Crippen molar-refractivity contribution in [3.8, 4) is 0 Å². The van der Waals surface area contributed by atoms with Gasteiger partial charge in [0.2, 0.25) is 5.91 Å². The van der Waals surface area contributed by atoms with E-state index in [0.29, 0.717) is 6.42 Å². The molecule has 2 N–H and O–H groups in total. The number of H-pyrrole nitrogens is 1. The second-order valence-electron chi connectivity index (χ2n) is 6.94. The van der Waals surface area contributed by atoms with Gasteiger partial charge in [-0.25, -0.2) is 9.67 Å². The molecule has 0 saturated heterocycles. The Morgan fingerprint density at radius 2 is 2.27 bits per heavy atom. The van der Waals surface area contributed by atoms with E-state index in [2.05, 4.69) is 51.7 Å². The zero-order valence-electron chi connectivity index (χ0n) is 15.2. The summed E-state index contributed by atoms with van der Waals surface area (Å²) >= 11 is 0. The van der Waals surface area contributed by atoms with E-state index in [1.165, 1.54) is 10.9 Å². The van der Waals surface area contributed by atoms with Crippen molar-refractivity contribution in [2.75, 3.05) is 0 Å². The van der Waals surface area contributed by atoms with Crippen LogP contribution in [0.4, 0.5) is 0 Å². The van der Waals surface area contributed by atoms with Gasteiger partial charge in [0.15, 0.2) is 5.82 Å². The Bertz CT molecular complexity index is 910. The number of hydrogen-bond donors (Lipinski definition) is 2. The summed E-state index contributed by atoms with van der Waals surface area (Å²) < 4.78 is 1.96. The van der Waals surface area contributed by atoms with Gasteiger partial charge in [-0.3, -0.25) is 4.79 Å². The molecule has 0 fully saturated rings. The van der Waals surface area contributed by atoms with Gasteiger partial charge in [-0.05, 0) is 37.3 Å². The van der Waals surface area contributed by atoms with Crippen molar-refractivity contribution in [3.63, 3.8) is 0 Å². The van der Waals surface area contributed by atoms with Crippen LogP contribution in [0.25, 0.3) is 10.9 Å². The third kappa shape index (κ3) is 3.36. The molecule has 0 bridgehead atoms. The monoisotopic (exact) mass is 351 g/mol. The van der Waals surface area contributed by atoms with E-state index in [9.17, 15) is 4.79 Å². The number of nitrogens with one attached hydrogen (secondary N) is 2. The Hall–Kier alpha value is -2.63. The molecule has 1 aliphatic rings. The predicted octanol–water partition coefficient (Wildman–Crippen LogP) is 3.30. The first-order valence-corrected chi connectivity index (χ1v) is 9.52. The van der Waals surface area contributed by atoms with Crippen molar-refractivity contribution in [2.45, 2.75) is 58.0 Å². The fourth-order valence-electron chi connectivity index (χ4n) is 3.73. The molecule has 0 aliphatic carbocycles. The van der Waals surface area contributed by atoms with Gasteiger partial charge in [0.05, 0.1) is 6.04 Å². The minimum Gasteiger partial charge on any atom is -0.361 e. The van der Waals surface area contributed by atoms with Crippen molar-refractivity contribution in [3.05, 3.63) is 47.7 Å². The topological polar surface area (TPSA) is 75.6 Å². The van der Waals surface area contributed by atoms with E-state index in [0.717, 1.165) is 55.8 Å². The Labute approximate surface area is 153 Å². The highest BCUT2D eigenvalue weighted by Gasteiger charge is 2.25. The van der Waals surface area contributed by atoms with Crippen LogP contribution in [0.5, 0.6) is 0 Å². The molecular weight excluding hydrogens is 326 g/mol. The quantitative estimate of drug-likeness (QED) is 0.715. The Morgan fingerprint density at radius 1 is 1.38 bits per heavy atom. The molecule has 3 heterocycles. The molecular formula is C20H25N5O. The number of hydrogen-bond acceptors (Lipinski definition) is 3. The first-order chi connectivity index (χ1) is 12.7. The summed E-state index contributed by atoms with van der Waals surface area (Å²) in [6.07, 6.45) is 7.12. The van der Waals surface area contributed by atoms with Crippen LogP contribution in [-0.2, 0) is 24.2 Å². The van der Waals surface area contributed by atoms with Crippen LogP contribution in [0.3, 0.4) is 0 Å². The molecule has 6 heteroatoms. The normalized spacial score (nSPS) is 16.6. The lowest BCUT2D eigenvalue weighted by atomic mass is 10.1. The third-order valence-electron chi connectivity index (χ3n) is 5.09. The minimum absolute atomic E-state index is 0.00265. The maximum absolute atomic E-state index is 12.4. The number of aromatic nitrogens is 4. The minimum atomic E-state index is -0.00265. The first kappa shape index (κ1) is 16.8. The maximum Gasteiger partial charge on any atom is 0.220 e. The van der Waals surface area contributed by atoms with Gasteiger partial charge in [0.25, 0.3) is 0 Å². The van der Waals surface area contributed by atoms with E-state index in [-0.39, 0.29) is 11.9 Å². The number of aromatic amines is 1. The Morgan fingerprint density at radius 3 is 3.15 bits per heavy atom. The molecule has 4 rings (SSSR count). The van der Waals surface area contributed by atoms with Gasteiger partial charge in [0, 0.05) is 36.5 Å². The van der Waals surface area contributed by atoms with E-state index in [4.69, 9.17) is 0 Å². The zero-order valence-corrected chi connectivity index (χ0v) is 15.2. The highest BCUT2D eigenvalue weighted by molar-refractivity contribution is 5.83. The van der Waals surface area contributed by atoms with Crippen LogP contribution < -0.4 is 5.32 Å². The molecule has 26 heavy (non-hydrogen) atoms. The lowest BCUT2D eigenvalue weighted by molar-refractivity contribution is -0.122. The summed E-state index contributed by atoms with van der Waals surface area (Å²) in [7, 11) is 0. The van der Waals surface area contributed by atoms with Crippen molar-refractivity contribution < 1.29 is 4.79 Å². The SMILES string of the molecule is CCc1nc2n(n1)CCC[C@@H]2NC(=O)CCCc1c[nH]c2ccccc12. The second kappa shape index (κ2) is 7.32. The molecule has 6 nitrogen and oxygen atoms in total. The fourth-order valence-corrected chi connectivity index (χ4v) is 3.73. The average molecular weight is 351 g/mol. The number of nitrogens with zero attached hydrogens (tertiary/aromatic N) is 3. The predicted molar refractivity (Wildman–Crippen MR) is 101 cm³/mol. The first-order valence-electron chi connectivity index (χ1n) is 9.52. The van der Waals surface area contributed by atoms with Crippen LogP contribution >= 0.6 is 0 Å². The summed E-state index contributed by atoms with van der Waals surface area (Å²) in [6, 6.07) is 8.28. The zero-order chi connectivity index (χ0) is 17.9. The number of benzene rings is 1. The lowest BCUT2D eigenvalue weighted by Crippen LogP contribution is -2.33. The van der Waals surface area contributed by atoms with Gasteiger partial charge < -0.3 is 10.3 Å². The standard InChI is InChI=1S/C20H25N5O/c1-2-18-23-20-17(10-6-12-25(20)24-18)22-19(26)11-5-7-14-13-21-16-9-4-3-8-15(14)16/h3-4,8-9,13,17,21H,2,5-7,10-12H2,1H3,(H,22,26)/t17-/m0/s1. The molecule has 1 atom stereocenters. The highest BCUT2D eigenvalue weighted by Crippen LogP contribution is 2.24. The van der Waals surface area contributed by atoms with Gasteiger partial charge in [-0.2, -0.15) is 5.10 Å². The number of carbonyl (C=O) groups excluding carboxylic acids is 1. The molecule has 2 aromatic heterocycles. The molecule has 0 saturated carbocycles. The maximum atomic E-state index is 12.4. The van der Waals surface area contributed by atoms with Crippen LogP contribution in [0, 0.1) is 0 Å². The van der Waals surface area contributed by atoms with Crippen molar-refractivity contribution in [1.82, 2.24) is 25.1 Å². The Balaban J connectivity index is 1.33. The summed E-state index contributed by atoms with van der Waals surface area (Å²) in [5, 5.41) is 8.91. The molecule has 0 spiro atoms. The molecule has 1 amide bonds. The molecule has 3 aromatic rings. The lowest BCUT2D eigenvalue weighted by Gasteiger charge is -2.23.